The van der Waals surface area contributed by atoms with Gasteiger partial charge in [0.1, 0.15) is 5.76 Å². The van der Waals surface area contributed by atoms with Gasteiger partial charge in [0.15, 0.2) is 0 Å². The van der Waals surface area contributed by atoms with Gasteiger partial charge in [0.05, 0.1) is 13.2 Å². The van der Waals surface area contributed by atoms with Gasteiger partial charge in [-0.3, -0.25) is 0 Å². The molecular weight excluding hydrogens is 266 g/mol. The van der Waals surface area contributed by atoms with Gasteiger partial charge in [-0.15, -0.1) is 0 Å². The van der Waals surface area contributed by atoms with E-state index in [2.05, 4.69) is 37.6 Å². The van der Waals surface area contributed by atoms with Crippen molar-refractivity contribution in [3.63, 3.8) is 0 Å². The van der Waals surface area contributed by atoms with Crippen molar-refractivity contribution in [1.29, 1.82) is 0 Å². The highest BCUT2D eigenvalue weighted by atomic mass is 16.5. The zero-order chi connectivity index (χ0) is 15.6. The molecule has 0 spiro atoms. The van der Waals surface area contributed by atoms with Crippen LogP contribution in [0.1, 0.15) is 54.3 Å². The molecule has 0 aliphatic heterocycles. The van der Waals surface area contributed by atoms with Crippen LogP contribution in [0.4, 0.5) is 0 Å². The molecule has 2 N–H and O–H groups in total. The van der Waals surface area contributed by atoms with Crippen molar-refractivity contribution in [2.45, 2.75) is 32.2 Å². The van der Waals surface area contributed by atoms with E-state index in [-0.39, 0.29) is 11.2 Å². The molecule has 2 rings (SSSR count). The van der Waals surface area contributed by atoms with E-state index in [9.17, 15) is 4.79 Å². The first kappa shape index (κ1) is 15.3. The summed E-state index contributed by atoms with van der Waals surface area (Å²) in [6, 6.07) is 11.0. The summed E-state index contributed by atoms with van der Waals surface area (Å²) in [6.07, 6.45) is 0. The fourth-order valence-corrected chi connectivity index (χ4v) is 2.09. The maximum absolute atomic E-state index is 11.4. The molecule has 0 aliphatic carbocycles. The predicted octanol–water partition coefficient (Wildman–Crippen LogP) is 3.41. The standard InChI is InChI=1S/C17H21NO3/c1-17(2,3)12-7-5-11(6-8-12)15(18)13-9-10-14(21-13)16(19)20-4/h5-10,15H,18H2,1-4H3. The minimum Gasteiger partial charge on any atom is -0.463 e. The molecule has 112 valence electrons. The summed E-state index contributed by atoms with van der Waals surface area (Å²) in [5, 5.41) is 0. The molecule has 0 radical (unpaired) electrons. The van der Waals surface area contributed by atoms with Crippen molar-refractivity contribution < 1.29 is 13.9 Å². The molecule has 0 fully saturated rings. The van der Waals surface area contributed by atoms with E-state index in [1.165, 1.54) is 12.7 Å². The topological polar surface area (TPSA) is 65.5 Å². The molecule has 1 heterocycles. The smallest absolute Gasteiger partial charge is 0.373 e. The zero-order valence-corrected chi connectivity index (χ0v) is 12.8. The van der Waals surface area contributed by atoms with Crippen LogP contribution in [0.15, 0.2) is 40.8 Å². The van der Waals surface area contributed by atoms with Crippen LogP contribution in [-0.4, -0.2) is 13.1 Å². The molecule has 2 aromatic rings. The maximum atomic E-state index is 11.4. The normalized spacial score (nSPS) is 13.0. The minimum atomic E-state index is -0.503. The fourth-order valence-electron chi connectivity index (χ4n) is 2.09. The monoisotopic (exact) mass is 287 g/mol. The summed E-state index contributed by atoms with van der Waals surface area (Å²) in [7, 11) is 1.32. The van der Waals surface area contributed by atoms with Crippen LogP contribution in [-0.2, 0) is 10.2 Å². The van der Waals surface area contributed by atoms with E-state index in [1.54, 1.807) is 12.1 Å². The molecule has 1 atom stereocenters. The fraction of sp³-hybridized carbons (Fsp3) is 0.353. The van der Waals surface area contributed by atoms with Gasteiger partial charge < -0.3 is 14.9 Å². The van der Waals surface area contributed by atoms with Crippen molar-refractivity contribution in [3.05, 3.63) is 59.0 Å². The Bertz CT molecular complexity index is 620. The third-order valence-electron chi connectivity index (χ3n) is 3.46. The number of benzene rings is 1. The summed E-state index contributed by atoms with van der Waals surface area (Å²) in [4.78, 5) is 11.4. The number of furan rings is 1. The summed E-state index contributed by atoms with van der Waals surface area (Å²) in [5.74, 6) is 0.199. The Labute approximate surface area is 124 Å². The molecule has 4 heteroatoms. The van der Waals surface area contributed by atoms with Crippen molar-refractivity contribution in [2.24, 2.45) is 5.73 Å². The van der Waals surface area contributed by atoms with Crippen LogP contribution in [0.3, 0.4) is 0 Å². The van der Waals surface area contributed by atoms with Crippen LogP contribution < -0.4 is 5.73 Å². The Balaban J connectivity index is 2.22. The van der Waals surface area contributed by atoms with Gasteiger partial charge in [-0.2, -0.15) is 0 Å². The summed E-state index contributed by atoms with van der Waals surface area (Å²) < 4.78 is 10.1. The Morgan fingerprint density at radius 3 is 2.29 bits per heavy atom. The lowest BCUT2D eigenvalue weighted by molar-refractivity contribution is 0.0562. The Hall–Kier alpha value is -2.07. The van der Waals surface area contributed by atoms with Gasteiger partial charge in [0.2, 0.25) is 5.76 Å². The Morgan fingerprint density at radius 2 is 1.76 bits per heavy atom. The SMILES string of the molecule is COC(=O)c1ccc(C(N)c2ccc(C(C)(C)C)cc2)o1. The quantitative estimate of drug-likeness (QED) is 0.878. The number of esters is 1. The Morgan fingerprint density at radius 1 is 1.14 bits per heavy atom. The molecule has 1 aromatic carbocycles. The molecule has 1 unspecified atom stereocenters. The highest BCUT2D eigenvalue weighted by Gasteiger charge is 2.18. The van der Waals surface area contributed by atoms with Crippen molar-refractivity contribution in [3.8, 4) is 0 Å². The first-order chi connectivity index (χ1) is 9.82. The highest BCUT2D eigenvalue weighted by Crippen LogP contribution is 2.26. The lowest BCUT2D eigenvalue weighted by Gasteiger charge is -2.20. The highest BCUT2D eigenvalue weighted by molar-refractivity contribution is 5.86. The van der Waals surface area contributed by atoms with Crippen LogP contribution in [0.2, 0.25) is 0 Å². The number of hydrogen-bond acceptors (Lipinski definition) is 4. The number of rotatable bonds is 3. The van der Waals surface area contributed by atoms with Gasteiger partial charge in [-0.1, -0.05) is 45.0 Å². The van der Waals surface area contributed by atoms with Crippen molar-refractivity contribution in [2.75, 3.05) is 7.11 Å². The van der Waals surface area contributed by atoms with E-state index in [1.807, 2.05) is 12.1 Å². The first-order valence-corrected chi connectivity index (χ1v) is 6.87. The molecule has 21 heavy (non-hydrogen) atoms. The summed E-state index contributed by atoms with van der Waals surface area (Å²) in [6.45, 7) is 6.49. The van der Waals surface area contributed by atoms with Crippen LogP contribution in [0, 0.1) is 0 Å². The van der Waals surface area contributed by atoms with E-state index < -0.39 is 12.0 Å². The number of nitrogens with two attached hydrogens (primary N) is 1. The maximum Gasteiger partial charge on any atom is 0.373 e. The second-order valence-electron chi connectivity index (χ2n) is 6.04. The molecule has 0 bridgehead atoms. The van der Waals surface area contributed by atoms with Gasteiger partial charge >= 0.3 is 5.97 Å². The number of carbonyl (C=O) groups is 1. The summed E-state index contributed by atoms with van der Waals surface area (Å²) >= 11 is 0. The molecule has 0 aliphatic rings. The van der Waals surface area contributed by atoms with Gasteiger partial charge in [0, 0.05) is 0 Å². The average Bonchev–Trinajstić information content (AvgIpc) is 2.94. The second kappa shape index (κ2) is 5.74. The van der Waals surface area contributed by atoms with Crippen molar-refractivity contribution in [1.82, 2.24) is 0 Å². The van der Waals surface area contributed by atoms with Gasteiger partial charge in [-0.05, 0) is 28.7 Å². The third kappa shape index (κ3) is 3.34. The average molecular weight is 287 g/mol. The number of hydrogen-bond donors (Lipinski definition) is 1. The first-order valence-electron chi connectivity index (χ1n) is 6.87. The predicted molar refractivity (Wildman–Crippen MR) is 81.2 cm³/mol. The van der Waals surface area contributed by atoms with Crippen LogP contribution >= 0.6 is 0 Å². The van der Waals surface area contributed by atoms with Crippen LogP contribution in [0.5, 0.6) is 0 Å². The lowest BCUT2D eigenvalue weighted by atomic mass is 9.86. The number of methoxy groups -OCH3 is 1. The van der Waals surface area contributed by atoms with Crippen molar-refractivity contribution >= 4 is 5.97 Å². The lowest BCUT2D eigenvalue weighted by Crippen LogP contribution is -2.14. The molecule has 0 amide bonds. The van der Waals surface area contributed by atoms with E-state index in [4.69, 9.17) is 10.2 Å². The molecule has 1 aromatic heterocycles. The summed E-state index contributed by atoms with van der Waals surface area (Å²) in [5.41, 5.74) is 8.47. The molecule has 4 nitrogen and oxygen atoms in total. The third-order valence-corrected chi connectivity index (χ3v) is 3.46. The van der Waals surface area contributed by atoms with Gasteiger partial charge in [-0.25, -0.2) is 4.79 Å². The zero-order valence-electron chi connectivity index (χ0n) is 12.8. The minimum absolute atomic E-state index is 0.103. The number of ether oxygens (including phenoxy) is 1. The van der Waals surface area contributed by atoms with Crippen LogP contribution in [0.25, 0.3) is 0 Å². The number of carbonyl (C=O) groups excluding carboxylic acids is 1. The van der Waals surface area contributed by atoms with E-state index in [0.29, 0.717) is 5.76 Å². The molecule has 0 saturated heterocycles. The van der Waals surface area contributed by atoms with E-state index in [0.717, 1.165) is 5.56 Å². The Kier molecular flexibility index (Phi) is 4.19. The molecular formula is C17H21NO3. The van der Waals surface area contributed by atoms with Gasteiger partial charge in [0.25, 0.3) is 0 Å². The van der Waals surface area contributed by atoms with E-state index >= 15 is 0 Å². The second-order valence-corrected chi connectivity index (χ2v) is 6.04. The largest absolute Gasteiger partial charge is 0.463 e. The molecule has 0 saturated carbocycles.